The van der Waals surface area contributed by atoms with E-state index < -0.39 is 5.97 Å². The number of esters is 1. The number of benzene rings is 2. The van der Waals surface area contributed by atoms with Crippen molar-refractivity contribution in [3.05, 3.63) is 76.5 Å². The van der Waals surface area contributed by atoms with Crippen molar-refractivity contribution in [3.63, 3.8) is 0 Å². The maximum atomic E-state index is 13.4. The number of amides is 1. The van der Waals surface area contributed by atoms with Crippen molar-refractivity contribution in [1.82, 2.24) is 9.88 Å². The van der Waals surface area contributed by atoms with E-state index in [0.717, 1.165) is 52.6 Å². The standard InChI is InChI=1S/C31H34N2O4/c1-31(2,3)23-13-11-21(12-14-23)19-22-7-6-9-25-28(24-8-4-5-10-26(24)32-29(22)25)30(35)37-20-27(34)33-15-17-36-18-16-33/h4-5,8,10-14,19H,6-7,9,15-18,20H2,1-3H3/b22-19+. The van der Waals surface area contributed by atoms with Gasteiger partial charge in [-0.2, -0.15) is 0 Å². The Balaban J connectivity index is 1.48. The van der Waals surface area contributed by atoms with Gasteiger partial charge in [0, 0.05) is 18.5 Å². The molecule has 5 rings (SSSR count). The van der Waals surface area contributed by atoms with Crippen LogP contribution in [0.15, 0.2) is 48.5 Å². The summed E-state index contributed by atoms with van der Waals surface area (Å²) >= 11 is 0. The molecule has 1 aliphatic carbocycles. The van der Waals surface area contributed by atoms with Crippen molar-refractivity contribution in [2.75, 3.05) is 32.9 Å². The highest BCUT2D eigenvalue weighted by Crippen LogP contribution is 2.36. The highest BCUT2D eigenvalue weighted by atomic mass is 16.5. The van der Waals surface area contributed by atoms with Gasteiger partial charge in [0.1, 0.15) is 0 Å². The largest absolute Gasteiger partial charge is 0.452 e. The number of hydrogen-bond donors (Lipinski definition) is 0. The molecule has 1 aromatic heterocycles. The third kappa shape index (κ3) is 5.44. The Bertz CT molecular complexity index is 1350. The van der Waals surface area contributed by atoms with Gasteiger partial charge in [0.25, 0.3) is 5.91 Å². The van der Waals surface area contributed by atoms with Crippen LogP contribution in [0.5, 0.6) is 0 Å². The van der Waals surface area contributed by atoms with Gasteiger partial charge in [-0.15, -0.1) is 0 Å². The lowest BCUT2D eigenvalue weighted by atomic mass is 9.85. The molecule has 192 valence electrons. The van der Waals surface area contributed by atoms with Crippen molar-refractivity contribution in [2.24, 2.45) is 0 Å². The molecule has 0 saturated carbocycles. The van der Waals surface area contributed by atoms with Crippen molar-refractivity contribution in [2.45, 2.75) is 45.4 Å². The van der Waals surface area contributed by atoms with Crippen molar-refractivity contribution in [1.29, 1.82) is 0 Å². The molecule has 1 aliphatic heterocycles. The number of carbonyl (C=O) groups excluding carboxylic acids is 2. The summed E-state index contributed by atoms with van der Waals surface area (Å²) in [5, 5.41) is 0.765. The predicted molar refractivity (Wildman–Crippen MR) is 145 cm³/mol. The Hall–Kier alpha value is -3.51. The summed E-state index contributed by atoms with van der Waals surface area (Å²) in [5.41, 5.74) is 6.68. The summed E-state index contributed by atoms with van der Waals surface area (Å²) in [6.45, 7) is 8.43. The SMILES string of the molecule is CC(C)(C)c1ccc(/C=C2\CCCc3c2nc2ccccc2c3C(=O)OCC(=O)N2CCOCC2)cc1. The zero-order valence-corrected chi connectivity index (χ0v) is 21.9. The normalized spacial score (nSPS) is 17.1. The summed E-state index contributed by atoms with van der Waals surface area (Å²) in [5.74, 6) is -0.657. The maximum absolute atomic E-state index is 13.4. The fourth-order valence-electron chi connectivity index (χ4n) is 5.09. The van der Waals surface area contributed by atoms with E-state index in [2.05, 4.69) is 51.1 Å². The molecule has 2 aliphatic rings. The quantitative estimate of drug-likeness (QED) is 0.449. The Morgan fingerprint density at radius 1 is 1.03 bits per heavy atom. The Morgan fingerprint density at radius 2 is 1.76 bits per heavy atom. The zero-order chi connectivity index (χ0) is 26.0. The summed E-state index contributed by atoms with van der Waals surface area (Å²) in [7, 11) is 0. The van der Waals surface area contributed by atoms with Crippen LogP contribution < -0.4 is 0 Å². The van der Waals surface area contributed by atoms with Crippen LogP contribution in [0.3, 0.4) is 0 Å². The summed E-state index contributed by atoms with van der Waals surface area (Å²) in [6, 6.07) is 16.3. The first kappa shape index (κ1) is 25.2. The number of para-hydroxylation sites is 1. The van der Waals surface area contributed by atoms with E-state index in [1.54, 1.807) is 4.90 Å². The van der Waals surface area contributed by atoms with Crippen LogP contribution >= 0.6 is 0 Å². The molecule has 0 spiro atoms. The second-order valence-corrected chi connectivity index (χ2v) is 10.8. The number of nitrogens with zero attached hydrogens (tertiary/aromatic N) is 2. The van der Waals surface area contributed by atoms with E-state index in [-0.39, 0.29) is 17.9 Å². The third-order valence-electron chi connectivity index (χ3n) is 7.18. The van der Waals surface area contributed by atoms with Crippen LogP contribution in [0, 0.1) is 0 Å². The van der Waals surface area contributed by atoms with Gasteiger partial charge in [-0.3, -0.25) is 4.79 Å². The number of rotatable bonds is 4. The minimum Gasteiger partial charge on any atom is -0.452 e. The zero-order valence-electron chi connectivity index (χ0n) is 21.9. The number of fused-ring (bicyclic) bond motifs is 2. The smallest absolute Gasteiger partial charge is 0.339 e. The minimum absolute atomic E-state index is 0.0992. The molecule has 0 N–H and O–H groups in total. The molecule has 0 unspecified atom stereocenters. The highest BCUT2D eigenvalue weighted by Gasteiger charge is 2.27. The van der Waals surface area contributed by atoms with E-state index in [1.807, 2.05) is 24.3 Å². The van der Waals surface area contributed by atoms with E-state index in [9.17, 15) is 9.59 Å². The topological polar surface area (TPSA) is 68.7 Å². The number of ether oxygens (including phenoxy) is 2. The Kier molecular flexibility index (Phi) is 7.11. The van der Waals surface area contributed by atoms with Crippen LogP contribution in [0.2, 0.25) is 0 Å². The fraction of sp³-hybridized carbons (Fsp3) is 0.387. The van der Waals surface area contributed by atoms with Crippen LogP contribution in [0.4, 0.5) is 0 Å². The van der Waals surface area contributed by atoms with Gasteiger partial charge in [0.15, 0.2) is 6.61 Å². The second kappa shape index (κ2) is 10.5. The Labute approximate surface area is 218 Å². The molecule has 0 radical (unpaired) electrons. The molecule has 1 amide bonds. The minimum atomic E-state index is -0.466. The third-order valence-corrected chi connectivity index (χ3v) is 7.18. The van der Waals surface area contributed by atoms with E-state index in [0.29, 0.717) is 31.9 Å². The predicted octanol–water partition coefficient (Wildman–Crippen LogP) is 5.42. The monoisotopic (exact) mass is 498 g/mol. The molecule has 1 fully saturated rings. The lowest BCUT2D eigenvalue weighted by Gasteiger charge is -2.27. The number of aromatic nitrogens is 1. The molecule has 0 bridgehead atoms. The number of allylic oxidation sites excluding steroid dienone is 1. The highest BCUT2D eigenvalue weighted by molar-refractivity contribution is 6.07. The molecule has 1 saturated heterocycles. The van der Waals surface area contributed by atoms with Gasteiger partial charge in [-0.05, 0) is 59.1 Å². The maximum Gasteiger partial charge on any atom is 0.339 e. The first-order valence-corrected chi connectivity index (χ1v) is 13.1. The fourth-order valence-corrected chi connectivity index (χ4v) is 5.09. The summed E-state index contributed by atoms with van der Waals surface area (Å²) in [4.78, 5) is 32.7. The van der Waals surface area contributed by atoms with Gasteiger partial charge in [-0.25, -0.2) is 9.78 Å². The number of carbonyl (C=O) groups is 2. The Morgan fingerprint density at radius 3 is 2.49 bits per heavy atom. The molecular formula is C31H34N2O4. The van der Waals surface area contributed by atoms with Crippen LogP contribution in [-0.2, 0) is 26.1 Å². The number of morpholine rings is 1. The molecule has 0 atom stereocenters. The molecule has 2 heterocycles. The molecular weight excluding hydrogens is 464 g/mol. The van der Waals surface area contributed by atoms with Gasteiger partial charge < -0.3 is 14.4 Å². The second-order valence-electron chi connectivity index (χ2n) is 10.8. The van der Waals surface area contributed by atoms with E-state index in [1.165, 1.54) is 5.56 Å². The van der Waals surface area contributed by atoms with Crippen molar-refractivity contribution in [3.8, 4) is 0 Å². The first-order valence-electron chi connectivity index (χ1n) is 13.1. The summed E-state index contributed by atoms with van der Waals surface area (Å²) in [6.07, 6.45) is 4.74. The number of hydrogen-bond acceptors (Lipinski definition) is 5. The molecule has 3 aromatic rings. The average molecular weight is 499 g/mol. The van der Waals surface area contributed by atoms with Crippen LogP contribution in [0.1, 0.15) is 66.4 Å². The van der Waals surface area contributed by atoms with E-state index in [4.69, 9.17) is 14.5 Å². The van der Waals surface area contributed by atoms with Gasteiger partial charge in [0.05, 0.1) is 30.0 Å². The first-order chi connectivity index (χ1) is 17.8. The molecule has 37 heavy (non-hydrogen) atoms. The average Bonchev–Trinajstić information content (AvgIpc) is 2.91. The van der Waals surface area contributed by atoms with Crippen molar-refractivity contribution < 1.29 is 19.1 Å². The lowest BCUT2D eigenvalue weighted by molar-refractivity contribution is -0.138. The van der Waals surface area contributed by atoms with Gasteiger partial charge in [0.2, 0.25) is 0 Å². The van der Waals surface area contributed by atoms with Gasteiger partial charge in [-0.1, -0.05) is 63.2 Å². The molecule has 6 nitrogen and oxygen atoms in total. The summed E-state index contributed by atoms with van der Waals surface area (Å²) < 4.78 is 10.9. The molecule has 2 aromatic carbocycles. The lowest BCUT2D eigenvalue weighted by Crippen LogP contribution is -2.42. The number of pyridine rings is 1. The van der Waals surface area contributed by atoms with E-state index >= 15 is 0 Å². The van der Waals surface area contributed by atoms with Crippen LogP contribution in [-0.4, -0.2) is 54.7 Å². The van der Waals surface area contributed by atoms with Crippen LogP contribution in [0.25, 0.3) is 22.6 Å². The molecule has 6 heteroatoms. The van der Waals surface area contributed by atoms with Gasteiger partial charge >= 0.3 is 5.97 Å². The van der Waals surface area contributed by atoms with Crippen molar-refractivity contribution >= 4 is 34.4 Å².